The fourth-order valence-corrected chi connectivity index (χ4v) is 3.87. The summed E-state index contributed by atoms with van der Waals surface area (Å²) in [6.45, 7) is 0. The lowest BCUT2D eigenvalue weighted by atomic mass is 10.0. The normalized spacial score (nSPS) is 14.2. The molecule has 1 aliphatic rings. The molecular formula is C17H16N2S. The molecule has 0 bridgehead atoms. The average molecular weight is 280 g/mol. The number of aryl methyl sites for hydroxylation is 2. The number of nitrogens with zero attached hydrogens (tertiary/aromatic N) is 1. The number of anilines is 2. The van der Waals surface area contributed by atoms with Crippen molar-refractivity contribution in [2.75, 3.05) is 5.32 Å². The maximum Gasteiger partial charge on any atom is 0.187 e. The van der Waals surface area contributed by atoms with Gasteiger partial charge in [0.25, 0.3) is 0 Å². The van der Waals surface area contributed by atoms with Gasteiger partial charge in [-0.05, 0) is 48.6 Å². The molecule has 0 radical (unpaired) electrons. The summed E-state index contributed by atoms with van der Waals surface area (Å²) in [6, 6.07) is 14.9. The number of fused-ring (bicyclic) bond motifs is 2. The SMILES string of the molecule is c1ccc2cc(Nc3nc4c(s3)CCCC4)ccc2c1. The van der Waals surface area contributed by atoms with E-state index in [-0.39, 0.29) is 0 Å². The molecule has 1 aromatic heterocycles. The van der Waals surface area contributed by atoms with Gasteiger partial charge in [-0.25, -0.2) is 4.98 Å². The van der Waals surface area contributed by atoms with Crippen molar-refractivity contribution < 1.29 is 0 Å². The lowest BCUT2D eigenvalue weighted by molar-refractivity contribution is 0.683. The Kier molecular flexibility index (Phi) is 2.92. The van der Waals surface area contributed by atoms with Crippen LogP contribution in [0.15, 0.2) is 42.5 Å². The molecule has 1 aliphatic carbocycles. The van der Waals surface area contributed by atoms with E-state index in [0.717, 1.165) is 17.2 Å². The van der Waals surface area contributed by atoms with E-state index < -0.39 is 0 Å². The largest absolute Gasteiger partial charge is 0.332 e. The number of hydrogen-bond acceptors (Lipinski definition) is 3. The van der Waals surface area contributed by atoms with E-state index in [0.29, 0.717) is 0 Å². The molecule has 100 valence electrons. The number of benzene rings is 2. The highest BCUT2D eigenvalue weighted by molar-refractivity contribution is 7.15. The van der Waals surface area contributed by atoms with Gasteiger partial charge in [-0.2, -0.15) is 0 Å². The Balaban J connectivity index is 1.65. The van der Waals surface area contributed by atoms with Crippen molar-refractivity contribution in [2.24, 2.45) is 0 Å². The molecule has 0 atom stereocenters. The maximum absolute atomic E-state index is 4.73. The molecule has 2 nitrogen and oxygen atoms in total. The van der Waals surface area contributed by atoms with Gasteiger partial charge in [0.1, 0.15) is 0 Å². The van der Waals surface area contributed by atoms with Crippen LogP contribution in [0.3, 0.4) is 0 Å². The summed E-state index contributed by atoms with van der Waals surface area (Å²) < 4.78 is 0. The third-order valence-corrected chi connectivity index (χ3v) is 4.92. The summed E-state index contributed by atoms with van der Waals surface area (Å²) in [5.74, 6) is 0. The molecule has 0 unspecified atom stereocenters. The second kappa shape index (κ2) is 4.91. The molecule has 0 aliphatic heterocycles. The Morgan fingerprint density at radius 3 is 2.70 bits per heavy atom. The molecule has 0 saturated carbocycles. The molecule has 0 saturated heterocycles. The minimum absolute atomic E-state index is 1.03. The molecule has 20 heavy (non-hydrogen) atoms. The molecular weight excluding hydrogens is 264 g/mol. The smallest absolute Gasteiger partial charge is 0.187 e. The van der Waals surface area contributed by atoms with Crippen molar-refractivity contribution in [2.45, 2.75) is 25.7 Å². The van der Waals surface area contributed by atoms with Gasteiger partial charge in [0.15, 0.2) is 5.13 Å². The van der Waals surface area contributed by atoms with Crippen LogP contribution in [0.2, 0.25) is 0 Å². The minimum Gasteiger partial charge on any atom is -0.332 e. The van der Waals surface area contributed by atoms with Crippen LogP contribution in [-0.4, -0.2) is 4.98 Å². The van der Waals surface area contributed by atoms with Crippen molar-refractivity contribution in [1.82, 2.24) is 4.98 Å². The van der Waals surface area contributed by atoms with Crippen LogP contribution in [0.1, 0.15) is 23.4 Å². The molecule has 1 N–H and O–H groups in total. The van der Waals surface area contributed by atoms with Crippen LogP contribution in [0.4, 0.5) is 10.8 Å². The number of rotatable bonds is 2. The van der Waals surface area contributed by atoms with Crippen LogP contribution >= 0.6 is 11.3 Å². The first kappa shape index (κ1) is 11.9. The van der Waals surface area contributed by atoms with Gasteiger partial charge < -0.3 is 5.32 Å². The second-order valence-electron chi connectivity index (χ2n) is 5.28. The van der Waals surface area contributed by atoms with Crippen molar-refractivity contribution in [3.05, 3.63) is 53.0 Å². The highest BCUT2D eigenvalue weighted by atomic mass is 32.1. The van der Waals surface area contributed by atoms with Crippen LogP contribution in [0, 0.1) is 0 Å². The van der Waals surface area contributed by atoms with Crippen molar-refractivity contribution in [1.29, 1.82) is 0 Å². The summed E-state index contributed by atoms with van der Waals surface area (Å²) in [5.41, 5.74) is 2.43. The topological polar surface area (TPSA) is 24.9 Å². The Hall–Kier alpha value is -1.87. The minimum atomic E-state index is 1.03. The van der Waals surface area contributed by atoms with E-state index >= 15 is 0 Å². The summed E-state index contributed by atoms with van der Waals surface area (Å²) in [6.07, 6.45) is 4.94. The third-order valence-electron chi connectivity index (χ3n) is 3.85. The van der Waals surface area contributed by atoms with Crippen molar-refractivity contribution in [3.63, 3.8) is 0 Å². The zero-order valence-electron chi connectivity index (χ0n) is 11.2. The standard InChI is InChI=1S/C17H16N2S/c1-2-6-13-11-14(10-9-12(13)5-1)18-17-19-15-7-3-4-8-16(15)20-17/h1-2,5-6,9-11H,3-4,7-8H2,(H,18,19). The summed E-state index contributed by atoms with van der Waals surface area (Å²) in [4.78, 5) is 6.21. The van der Waals surface area contributed by atoms with E-state index in [9.17, 15) is 0 Å². The summed E-state index contributed by atoms with van der Waals surface area (Å²) in [7, 11) is 0. The van der Waals surface area contributed by atoms with Crippen LogP contribution in [0.25, 0.3) is 10.8 Å². The highest BCUT2D eigenvalue weighted by Gasteiger charge is 2.15. The molecule has 0 amide bonds. The van der Waals surface area contributed by atoms with Gasteiger partial charge in [0.2, 0.25) is 0 Å². The van der Waals surface area contributed by atoms with E-state index in [1.165, 1.54) is 40.6 Å². The maximum atomic E-state index is 4.73. The second-order valence-corrected chi connectivity index (χ2v) is 6.37. The quantitative estimate of drug-likeness (QED) is 0.720. The van der Waals surface area contributed by atoms with Gasteiger partial charge in [-0.1, -0.05) is 30.3 Å². The first-order valence-electron chi connectivity index (χ1n) is 7.13. The summed E-state index contributed by atoms with van der Waals surface area (Å²) in [5, 5.41) is 7.03. The molecule has 4 rings (SSSR count). The first-order chi connectivity index (χ1) is 9.88. The molecule has 3 aromatic rings. The Morgan fingerprint density at radius 2 is 1.80 bits per heavy atom. The fraction of sp³-hybridized carbons (Fsp3) is 0.235. The van der Waals surface area contributed by atoms with Crippen LogP contribution in [-0.2, 0) is 12.8 Å². The zero-order valence-corrected chi connectivity index (χ0v) is 12.0. The fourth-order valence-electron chi connectivity index (χ4n) is 2.80. The van der Waals surface area contributed by atoms with E-state index in [4.69, 9.17) is 4.98 Å². The molecule has 0 spiro atoms. The predicted octanol–water partition coefficient (Wildman–Crippen LogP) is 4.92. The lowest BCUT2D eigenvalue weighted by Crippen LogP contribution is -1.99. The molecule has 3 heteroatoms. The van der Waals surface area contributed by atoms with Crippen molar-refractivity contribution in [3.8, 4) is 0 Å². The Labute approximate surface area is 122 Å². The number of nitrogens with one attached hydrogen (secondary N) is 1. The predicted molar refractivity (Wildman–Crippen MR) is 86.0 cm³/mol. The van der Waals surface area contributed by atoms with Gasteiger partial charge in [-0.15, -0.1) is 11.3 Å². The monoisotopic (exact) mass is 280 g/mol. The van der Waals surface area contributed by atoms with Gasteiger partial charge >= 0.3 is 0 Å². The van der Waals surface area contributed by atoms with E-state index in [1.807, 2.05) is 11.3 Å². The van der Waals surface area contributed by atoms with Crippen molar-refractivity contribution >= 4 is 32.9 Å². The number of thiazole rings is 1. The van der Waals surface area contributed by atoms with E-state index in [1.54, 1.807) is 0 Å². The van der Waals surface area contributed by atoms with Gasteiger partial charge in [-0.3, -0.25) is 0 Å². The van der Waals surface area contributed by atoms with Crippen LogP contribution in [0.5, 0.6) is 0 Å². The van der Waals surface area contributed by atoms with Gasteiger partial charge in [0.05, 0.1) is 5.69 Å². The highest BCUT2D eigenvalue weighted by Crippen LogP contribution is 2.31. The lowest BCUT2D eigenvalue weighted by Gasteiger charge is -2.06. The first-order valence-corrected chi connectivity index (χ1v) is 7.94. The molecule has 1 heterocycles. The average Bonchev–Trinajstić information content (AvgIpc) is 2.89. The third kappa shape index (κ3) is 2.18. The molecule has 0 fully saturated rings. The molecule has 2 aromatic carbocycles. The number of aromatic nitrogens is 1. The van der Waals surface area contributed by atoms with Crippen LogP contribution < -0.4 is 5.32 Å². The Bertz CT molecular complexity index is 737. The van der Waals surface area contributed by atoms with Gasteiger partial charge in [0, 0.05) is 10.6 Å². The van der Waals surface area contributed by atoms with E-state index in [2.05, 4.69) is 47.8 Å². The zero-order chi connectivity index (χ0) is 13.4. The Morgan fingerprint density at radius 1 is 0.950 bits per heavy atom. The summed E-state index contributed by atoms with van der Waals surface area (Å²) >= 11 is 1.81. The number of hydrogen-bond donors (Lipinski definition) is 1.